The van der Waals surface area contributed by atoms with Crippen molar-refractivity contribution in [3.63, 3.8) is 0 Å². The molecule has 0 aromatic heterocycles. The molecular formula is C15H26N2O4. The van der Waals surface area contributed by atoms with Crippen molar-refractivity contribution >= 4 is 12.1 Å². The van der Waals surface area contributed by atoms with E-state index in [4.69, 9.17) is 9.84 Å². The third-order valence-corrected chi connectivity index (χ3v) is 4.21. The third kappa shape index (κ3) is 4.09. The summed E-state index contributed by atoms with van der Waals surface area (Å²) in [6.45, 7) is 8.46. The summed E-state index contributed by atoms with van der Waals surface area (Å²) in [4.78, 5) is 27.2. The van der Waals surface area contributed by atoms with Crippen LogP contribution in [0.2, 0.25) is 0 Å². The molecule has 1 N–H and O–H groups in total. The molecule has 120 valence electrons. The van der Waals surface area contributed by atoms with Crippen LogP contribution in [-0.2, 0) is 9.53 Å². The van der Waals surface area contributed by atoms with Gasteiger partial charge in [-0.25, -0.2) is 4.79 Å². The SMILES string of the molecule is CC(C)(C)OC(=O)N1CCCN(C2CCC2C(=O)O)CC1. The summed E-state index contributed by atoms with van der Waals surface area (Å²) < 4.78 is 5.40. The van der Waals surface area contributed by atoms with Crippen molar-refractivity contribution in [2.24, 2.45) is 5.92 Å². The van der Waals surface area contributed by atoms with E-state index in [1.807, 2.05) is 20.8 Å². The van der Waals surface area contributed by atoms with Gasteiger partial charge in [0.15, 0.2) is 0 Å². The van der Waals surface area contributed by atoms with Crippen molar-refractivity contribution in [2.45, 2.75) is 51.7 Å². The molecular weight excluding hydrogens is 272 g/mol. The molecule has 2 fully saturated rings. The van der Waals surface area contributed by atoms with Gasteiger partial charge in [-0.05, 0) is 40.0 Å². The van der Waals surface area contributed by atoms with E-state index in [-0.39, 0.29) is 18.1 Å². The Balaban J connectivity index is 1.87. The standard InChI is InChI=1S/C15H26N2O4/c1-15(2,3)21-14(20)17-8-4-7-16(9-10-17)12-6-5-11(12)13(18)19/h11-12H,4-10H2,1-3H3,(H,18,19). The summed E-state index contributed by atoms with van der Waals surface area (Å²) in [5.41, 5.74) is -0.481. The van der Waals surface area contributed by atoms with Crippen LogP contribution < -0.4 is 0 Å². The third-order valence-electron chi connectivity index (χ3n) is 4.21. The van der Waals surface area contributed by atoms with E-state index in [0.29, 0.717) is 13.1 Å². The molecule has 0 radical (unpaired) electrons. The summed E-state index contributed by atoms with van der Waals surface area (Å²) in [5.74, 6) is -0.933. The lowest BCUT2D eigenvalue weighted by Crippen LogP contribution is -2.51. The van der Waals surface area contributed by atoms with Crippen LogP contribution in [0.25, 0.3) is 0 Å². The van der Waals surface area contributed by atoms with Crippen molar-refractivity contribution in [2.75, 3.05) is 26.2 Å². The number of carbonyl (C=O) groups excluding carboxylic acids is 1. The maximum atomic E-state index is 12.1. The zero-order chi connectivity index (χ0) is 15.6. The van der Waals surface area contributed by atoms with Gasteiger partial charge in [0.05, 0.1) is 5.92 Å². The number of amides is 1. The highest BCUT2D eigenvalue weighted by atomic mass is 16.6. The van der Waals surface area contributed by atoms with Gasteiger partial charge in [0.1, 0.15) is 5.60 Å². The number of hydrogen-bond donors (Lipinski definition) is 1. The summed E-state index contributed by atoms with van der Waals surface area (Å²) in [6, 6.07) is 0.140. The van der Waals surface area contributed by atoms with Gasteiger partial charge < -0.3 is 14.7 Å². The number of carboxylic acid groups (broad SMARTS) is 1. The van der Waals surface area contributed by atoms with E-state index in [2.05, 4.69) is 4.90 Å². The molecule has 1 saturated heterocycles. The van der Waals surface area contributed by atoms with Crippen molar-refractivity contribution in [3.8, 4) is 0 Å². The molecule has 1 heterocycles. The fourth-order valence-corrected chi connectivity index (χ4v) is 2.99. The van der Waals surface area contributed by atoms with E-state index in [9.17, 15) is 9.59 Å². The highest BCUT2D eigenvalue weighted by Crippen LogP contribution is 2.33. The minimum Gasteiger partial charge on any atom is -0.481 e. The monoisotopic (exact) mass is 298 g/mol. The Bertz CT molecular complexity index is 405. The van der Waals surface area contributed by atoms with Crippen molar-refractivity contribution in [3.05, 3.63) is 0 Å². The second kappa shape index (κ2) is 6.22. The number of hydrogen-bond acceptors (Lipinski definition) is 4. The van der Waals surface area contributed by atoms with Crippen LogP contribution in [0.4, 0.5) is 4.79 Å². The van der Waals surface area contributed by atoms with E-state index < -0.39 is 11.6 Å². The molecule has 6 heteroatoms. The lowest BCUT2D eigenvalue weighted by molar-refractivity contribution is -0.148. The Hall–Kier alpha value is -1.30. The summed E-state index contributed by atoms with van der Waals surface area (Å²) in [7, 11) is 0. The number of nitrogens with zero attached hydrogens (tertiary/aromatic N) is 2. The lowest BCUT2D eigenvalue weighted by atomic mass is 9.78. The molecule has 21 heavy (non-hydrogen) atoms. The van der Waals surface area contributed by atoms with Crippen LogP contribution in [0.15, 0.2) is 0 Å². The predicted octanol–water partition coefficient (Wildman–Crippen LogP) is 1.79. The molecule has 6 nitrogen and oxygen atoms in total. The highest BCUT2D eigenvalue weighted by Gasteiger charge is 2.40. The quantitative estimate of drug-likeness (QED) is 0.841. The minimum atomic E-state index is -0.695. The zero-order valence-corrected chi connectivity index (χ0v) is 13.2. The van der Waals surface area contributed by atoms with Gasteiger partial charge in [-0.1, -0.05) is 0 Å². The van der Waals surface area contributed by atoms with E-state index in [1.54, 1.807) is 4.90 Å². The minimum absolute atomic E-state index is 0.140. The summed E-state index contributed by atoms with van der Waals surface area (Å²) in [6.07, 6.45) is 2.31. The van der Waals surface area contributed by atoms with Crippen LogP contribution in [0.3, 0.4) is 0 Å². The second-order valence-corrected chi connectivity index (χ2v) is 6.95. The second-order valence-electron chi connectivity index (χ2n) is 6.95. The van der Waals surface area contributed by atoms with Crippen LogP contribution in [0.1, 0.15) is 40.0 Å². The first-order valence-corrected chi connectivity index (χ1v) is 7.73. The fraction of sp³-hybridized carbons (Fsp3) is 0.867. The number of carboxylic acids is 1. The summed E-state index contributed by atoms with van der Waals surface area (Å²) >= 11 is 0. The summed E-state index contributed by atoms with van der Waals surface area (Å²) in [5, 5.41) is 9.16. The van der Waals surface area contributed by atoms with Gasteiger partial charge in [0.2, 0.25) is 0 Å². The molecule has 1 amide bonds. The Kier molecular flexibility index (Phi) is 4.76. The predicted molar refractivity (Wildman–Crippen MR) is 78.1 cm³/mol. The Morgan fingerprint density at radius 1 is 1.10 bits per heavy atom. The number of carbonyl (C=O) groups is 2. The van der Waals surface area contributed by atoms with Gasteiger partial charge >= 0.3 is 12.1 Å². The first-order chi connectivity index (χ1) is 9.78. The largest absolute Gasteiger partial charge is 0.481 e. The van der Waals surface area contributed by atoms with Gasteiger partial charge in [-0.3, -0.25) is 9.69 Å². The molecule has 1 aliphatic carbocycles. The molecule has 0 bridgehead atoms. The number of aliphatic carboxylic acids is 1. The van der Waals surface area contributed by atoms with E-state index in [0.717, 1.165) is 32.4 Å². The Morgan fingerprint density at radius 2 is 1.81 bits per heavy atom. The highest BCUT2D eigenvalue weighted by molar-refractivity contribution is 5.72. The van der Waals surface area contributed by atoms with Gasteiger partial charge in [-0.15, -0.1) is 0 Å². The average Bonchev–Trinajstić information content (AvgIpc) is 2.50. The Labute approximate surface area is 126 Å². The normalized spacial score (nSPS) is 27.7. The van der Waals surface area contributed by atoms with Crippen molar-refractivity contribution in [1.82, 2.24) is 9.80 Å². The molecule has 2 rings (SSSR count). The van der Waals surface area contributed by atoms with Crippen molar-refractivity contribution < 1.29 is 19.4 Å². The molecule has 2 unspecified atom stereocenters. The smallest absolute Gasteiger partial charge is 0.410 e. The molecule has 0 aromatic rings. The zero-order valence-electron chi connectivity index (χ0n) is 13.2. The lowest BCUT2D eigenvalue weighted by Gasteiger charge is -2.41. The van der Waals surface area contributed by atoms with Crippen LogP contribution >= 0.6 is 0 Å². The first-order valence-electron chi connectivity index (χ1n) is 7.73. The molecule has 0 spiro atoms. The first kappa shape index (κ1) is 16.1. The molecule has 2 atom stereocenters. The molecule has 2 aliphatic rings. The Morgan fingerprint density at radius 3 is 2.33 bits per heavy atom. The van der Waals surface area contributed by atoms with Gasteiger partial charge in [-0.2, -0.15) is 0 Å². The maximum Gasteiger partial charge on any atom is 0.410 e. The average molecular weight is 298 g/mol. The molecule has 0 aromatic carbocycles. The van der Waals surface area contributed by atoms with Crippen LogP contribution in [-0.4, -0.2) is 64.8 Å². The van der Waals surface area contributed by atoms with Crippen LogP contribution in [0, 0.1) is 5.92 Å². The topological polar surface area (TPSA) is 70.1 Å². The number of rotatable bonds is 2. The van der Waals surface area contributed by atoms with Gasteiger partial charge in [0.25, 0.3) is 0 Å². The maximum absolute atomic E-state index is 12.1. The number of ether oxygens (including phenoxy) is 1. The fourth-order valence-electron chi connectivity index (χ4n) is 2.99. The van der Waals surface area contributed by atoms with E-state index in [1.165, 1.54) is 0 Å². The molecule has 1 aliphatic heterocycles. The molecule has 1 saturated carbocycles. The van der Waals surface area contributed by atoms with Gasteiger partial charge in [0, 0.05) is 32.2 Å². The van der Waals surface area contributed by atoms with Crippen molar-refractivity contribution in [1.29, 1.82) is 0 Å². The van der Waals surface area contributed by atoms with Crippen LogP contribution in [0.5, 0.6) is 0 Å². The van der Waals surface area contributed by atoms with E-state index >= 15 is 0 Å².